The first-order valence-electron chi connectivity index (χ1n) is 9.26. The van der Waals surface area contributed by atoms with Crippen LogP contribution in [0.1, 0.15) is 31.4 Å². The largest absolute Gasteiger partial charge is 0.497 e. The van der Waals surface area contributed by atoms with Crippen molar-refractivity contribution in [3.8, 4) is 5.75 Å². The highest BCUT2D eigenvalue weighted by Crippen LogP contribution is 2.23. The minimum Gasteiger partial charge on any atom is -0.497 e. The first kappa shape index (κ1) is 19.5. The van der Waals surface area contributed by atoms with Gasteiger partial charge >= 0.3 is 6.03 Å². The van der Waals surface area contributed by atoms with E-state index in [1.54, 1.807) is 7.11 Å². The summed E-state index contributed by atoms with van der Waals surface area (Å²) in [4.78, 5) is 14.7. The number of anilines is 1. The summed E-state index contributed by atoms with van der Waals surface area (Å²) in [5.74, 6) is 0.867. The first-order valence-corrected chi connectivity index (χ1v) is 10.1. The number of rotatable bonds is 5. The van der Waals surface area contributed by atoms with Crippen LogP contribution in [-0.4, -0.2) is 32.3 Å². The van der Waals surface area contributed by atoms with Crippen LogP contribution in [0.3, 0.4) is 0 Å². The van der Waals surface area contributed by atoms with Gasteiger partial charge in [-0.2, -0.15) is 0 Å². The molecule has 0 saturated carbocycles. The van der Waals surface area contributed by atoms with Crippen LogP contribution in [0.25, 0.3) is 0 Å². The third-order valence-electron chi connectivity index (χ3n) is 4.96. The molecule has 5 nitrogen and oxygen atoms in total. The fourth-order valence-corrected chi connectivity index (χ4v) is 3.77. The maximum atomic E-state index is 12.3. The molecule has 1 unspecified atom stereocenters. The lowest BCUT2D eigenvalue weighted by Crippen LogP contribution is -2.48. The normalized spacial score (nSPS) is 15.9. The summed E-state index contributed by atoms with van der Waals surface area (Å²) < 4.78 is 6.23. The molecule has 0 radical (unpaired) electrons. The Morgan fingerprint density at radius 2 is 1.89 bits per heavy atom. The summed E-state index contributed by atoms with van der Waals surface area (Å²) in [6.45, 7) is 3.85. The predicted octanol–water partition coefficient (Wildman–Crippen LogP) is 4.49. The minimum absolute atomic E-state index is 0.0399. The molecular weight excluding hydrogens is 406 g/mol. The Kier molecular flexibility index (Phi) is 6.61. The third kappa shape index (κ3) is 5.39. The Morgan fingerprint density at radius 1 is 1.19 bits per heavy atom. The van der Waals surface area contributed by atoms with Crippen molar-refractivity contribution in [2.24, 2.45) is 0 Å². The number of nitrogens with one attached hydrogen (secondary N) is 2. The van der Waals surface area contributed by atoms with Crippen molar-refractivity contribution in [1.82, 2.24) is 10.6 Å². The maximum absolute atomic E-state index is 12.3. The number of nitrogens with zero attached hydrogens (tertiary/aromatic N) is 1. The van der Waals surface area contributed by atoms with Crippen molar-refractivity contribution < 1.29 is 9.53 Å². The number of carbonyl (C=O) groups excluding carboxylic acids is 1. The van der Waals surface area contributed by atoms with Gasteiger partial charge in [0.05, 0.1) is 13.2 Å². The zero-order valence-electron chi connectivity index (χ0n) is 15.7. The molecule has 6 heteroatoms. The van der Waals surface area contributed by atoms with Gasteiger partial charge in [0.15, 0.2) is 0 Å². The average molecular weight is 432 g/mol. The summed E-state index contributed by atoms with van der Waals surface area (Å²) in [5, 5.41) is 6.14. The van der Waals surface area contributed by atoms with Gasteiger partial charge in [0.2, 0.25) is 0 Å². The smallest absolute Gasteiger partial charge is 0.315 e. The van der Waals surface area contributed by atoms with Gasteiger partial charge in [0, 0.05) is 29.3 Å². The number of urea groups is 1. The topological polar surface area (TPSA) is 53.6 Å². The lowest BCUT2D eigenvalue weighted by atomic mass is 10.0. The highest BCUT2D eigenvalue weighted by molar-refractivity contribution is 9.10. The molecular formula is C21H26BrN3O2. The van der Waals surface area contributed by atoms with E-state index in [9.17, 15) is 4.79 Å². The van der Waals surface area contributed by atoms with E-state index in [-0.39, 0.29) is 18.1 Å². The summed E-state index contributed by atoms with van der Waals surface area (Å²) in [7, 11) is 1.68. The second-order valence-corrected chi connectivity index (χ2v) is 7.77. The van der Waals surface area contributed by atoms with E-state index >= 15 is 0 Å². The number of amides is 2. The average Bonchev–Trinajstić information content (AvgIpc) is 2.68. The molecule has 1 aliphatic rings. The number of carbonyl (C=O) groups is 1. The van der Waals surface area contributed by atoms with Crippen LogP contribution in [0, 0.1) is 0 Å². The number of methoxy groups -OCH3 is 1. The van der Waals surface area contributed by atoms with Gasteiger partial charge in [-0.15, -0.1) is 0 Å². The number of ether oxygens (including phenoxy) is 1. The highest BCUT2D eigenvalue weighted by atomic mass is 79.9. The molecule has 2 aromatic rings. The minimum atomic E-state index is -0.106. The van der Waals surface area contributed by atoms with Crippen molar-refractivity contribution >= 4 is 27.6 Å². The Hall–Kier alpha value is -2.21. The van der Waals surface area contributed by atoms with Gasteiger partial charge in [0.25, 0.3) is 0 Å². The monoisotopic (exact) mass is 431 g/mol. The van der Waals surface area contributed by atoms with Crippen LogP contribution < -0.4 is 20.3 Å². The fraction of sp³-hybridized carbons (Fsp3) is 0.381. The Morgan fingerprint density at radius 3 is 2.52 bits per heavy atom. The zero-order chi connectivity index (χ0) is 19.2. The molecule has 1 aliphatic heterocycles. The molecule has 1 heterocycles. The van der Waals surface area contributed by atoms with Crippen LogP contribution in [0.15, 0.2) is 53.0 Å². The lowest BCUT2D eigenvalue weighted by molar-refractivity contribution is 0.231. The van der Waals surface area contributed by atoms with E-state index in [0.29, 0.717) is 0 Å². The highest BCUT2D eigenvalue weighted by Gasteiger charge is 2.21. The van der Waals surface area contributed by atoms with Crippen molar-refractivity contribution in [2.45, 2.75) is 31.8 Å². The Labute approximate surface area is 169 Å². The standard InChI is InChI=1S/C21H26BrN3O2/c1-15(16-4-3-5-17(22)14-16)23-21(26)24-18-10-12-25(13-11-18)19-6-8-20(27-2)9-7-19/h3-9,14-15,18H,10-13H2,1-2H3,(H2,23,24,26). The molecule has 0 aliphatic carbocycles. The molecule has 27 heavy (non-hydrogen) atoms. The summed E-state index contributed by atoms with van der Waals surface area (Å²) in [5.41, 5.74) is 2.27. The number of piperidine rings is 1. The Balaban J connectivity index is 1.46. The van der Waals surface area contributed by atoms with Crippen molar-refractivity contribution in [1.29, 1.82) is 0 Å². The molecule has 1 fully saturated rings. The van der Waals surface area contributed by atoms with Crippen molar-refractivity contribution in [3.63, 3.8) is 0 Å². The van der Waals surface area contributed by atoms with E-state index in [1.807, 2.05) is 43.3 Å². The number of halogens is 1. The molecule has 1 saturated heterocycles. The zero-order valence-corrected chi connectivity index (χ0v) is 17.3. The SMILES string of the molecule is COc1ccc(N2CCC(NC(=O)NC(C)c3cccc(Br)c3)CC2)cc1. The number of hydrogen-bond acceptors (Lipinski definition) is 3. The lowest BCUT2D eigenvalue weighted by Gasteiger charge is -2.34. The second-order valence-electron chi connectivity index (χ2n) is 6.85. The molecule has 2 aromatic carbocycles. The van der Waals surface area contributed by atoms with Gasteiger partial charge in [-0.1, -0.05) is 28.1 Å². The van der Waals surface area contributed by atoms with Crippen LogP contribution in [0.5, 0.6) is 5.75 Å². The quantitative estimate of drug-likeness (QED) is 0.732. The van der Waals surface area contributed by atoms with Crippen LogP contribution in [0.2, 0.25) is 0 Å². The van der Waals surface area contributed by atoms with E-state index < -0.39 is 0 Å². The summed E-state index contributed by atoms with van der Waals surface area (Å²) in [6, 6.07) is 16.2. The molecule has 2 amide bonds. The van der Waals surface area contributed by atoms with Crippen molar-refractivity contribution in [3.05, 3.63) is 58.6 Å². The fourth-order valence-electron chi connectivity index (χ4n) is 3.36. The van der Waals surface area contributed by atoms with E-state index in [0.717, 1.165) is 41.7 Å². The predicted molar refractivity (Wildman–Crippen MR) is 112 cm³/mol. The molecule has 144 valence electrons. The molecule has 0 spiro atoms. The number of benzene rings is 2. The van der Waals surface area contributed by atoms with Crippen LogP contribution >= 0.6 is 15.9 Å². The van der Waals surface area contributed by atoms with Crippen LogP contribution in [-0.2, 0) is 0 Å². The van der Waals surface area contributed by atoms with Gasteiger partial charge in [-0.25, -0.2) is 4.79 Å². The van der Waals surface area contributed by atoms with Crippen molar-refractivity contribution in [2.75, 3.05) is 25.1 Å². The van der Waals surface area contributed by atoms with E-state index in [1.165, 1.54) is 5.69 Å². The Bertz CT molecular complexity index is 758. The van der Waals surface area contributed by atoms with E-state index in [2.05, 4.69) is 43.6 Å². The maximum Gasteiger partial charge on any atom is 0.315 e. The summed E-state index contributed by atoms with van der Waals surface area (Å²) in [6.07, 6.45) is 1.87. The van der Waals surface area contributed by atoms with Crippen LogP contribution in [0.4, 0.5) is 10.5 Å². The van der Waals surface area contributed by atoms with Gasteiger partial charge in [0.1, 0.15) is 5.75 Å². The second kappa shape index (κ2) is 9.13. The van der Waals surface area contributed by atoms with E-state index in [4.69, 9.17) is 4.74 Å². The third-order valence-corrected chi connectivity index (χ3v) is 5.46. The van der Waals surface area contributed by atoms with Gasteiger partial charge in [-0.3, -0.25) is 0 Å². The number of hydrogen-bond donors (Lipinski definition) is 2. The van der Waals surface area contributed by atoms with Gasteiger partial charge < -0.3 is 20.3 Å². The van der Waals surface area contributed by atoms with Gasteiger partial charge in [-0.05, 0) is 61.7 Å². The molecule has 0 bridgehead atoms. The molecule has 0 aromatic heterocycles. The summed E-state index contributed by atoms with van der Waals surface area (Å²) >= 11 is 3.47. The molecule has 2 N–H and O–H groups in total. The molecule has 3 rings (SSSR count). The molecule has 1 atom stereocenters. The first-order chi connectivity index (χ1) is 13.0.